The average molecular weight is 320 g/mol. The van der Waals surface area contributed by atoms with Gasteiger partial charge in [-0.3, -0.25) is 0 Å². The topological polar surface area (TPSA) is 32.3 Å². The molecule has 0 spiro atoms. The Morgan fingerprint density at radius 1 is 1.13 bits per heavy atom. The highest BCUT2D eigenvalue weighted by Crippen LogP contribution is 2.20. The molecule has 2 atom stereocenters. The van der Waals surface area contributed by atoms with Crippen LogP contribution in [0.25, 0.3) is 0 Å². The maximum Gasteiger partial charge on any atom is 0.0662 e. The van der Waals surface area contributed by atoms with Crippen LogP contribution in [0.5, 0.6) is 0 Å². The SMILES string of the molecule is CCCCCC1=CC=C(CCCC(C)NCC(O)CC)CC=C1. The zero-order valence-corrected chi connectivity index (χ0v) is 15.5. The molecule has 0 heterocycles. The molecule has 0 radical (unpaired) electrons. The minimum atomic E-state index is -0.205. The summed E-state index contributed by atoms with van der Waals surface area (Å²) in [4.78, 5) is 0. The largest absolute Gasteiger partial charge is 0.392 e. The molecule has 2 nitrogen and oxygen atoms in total. The Morgan fingerprint density at radius 3 is 2.70 bits per heavy atom. The summed E-state index contributed by atoms with van der Waals surface area (Å²) >= 11 is 0. The van der Waals surface area contributed by atoms with E-state index in [-0.39, 0.29) is 6.10 Å². The molecular weight excluding hydrogens is 282 g/mol. The van der Waals surface area contributed by atoms with E-state index in [0.717, 1.165) is 12.8 Å². The van der Waals surface area contributed by atoms with Gasteiger partial charge in [-0.15, -0.1) is 0 Å². The van der Waals surface area contributed by atoms with Crippen LogP contribution in [0.2, 0.25) is 0 Å². The average Bonchev–Trinajstić information content (AvgIpc) is 2.78. The number of aliphatic hydroxyl groups excluding tert-OH is 1. The van der Waals surface area contributed by atoms with Crippen LogP contribution in [0.3, 0.4) is 0 Å². The van der Waals surface area contributed by atoms with Gasteiger partial charge in [0.15, 0.2) is 0 Å². The molecule has 0 aromatic carbocycles. The van der Waals surface area contributed by atoms with E-state index in [1.165, 1.54) is 50.5 Å². The third kappa shape index (κ3) is 9.78. The Bertz CT molecular complexity index is 395. The van der Waals surface area contributed by atoms with E-state index < -0.39 is 0 Å². The highest BCUT2D eigenvalue weighted by atomic mass is 16.3. The van der Waals surface area contributed by atoms with Crippen LogP contribution in [0.1, 0.15) is 78.6 Å². The van der Waals surface area contributed by atoms with Crippen LogP contribution in [0, 0.1) is 0 Å². The first kappa shape index (κ1) is 20.2. The van der Waals surface area contributed by atoms with Gasteiger partial charge in [0.1, 0.15) is 0 Å². The fourth-order valence-corrected chi connectivity index (χ4v) is 2.86. The third-order valence-corrected chi connectivity index (χ3v) is 4.62. The van der Waals surface area contributed by atoms with Gasteiger partial charge in [0.05, 0.1) is 6.10 Å². The number of aliphatic hydroxyl groups is 1. The normalized spacial score (nSPS) is 17.4. The Morgan fingerprint density at radius 2 is 1.96 bits per heavy atom. The third-order valence-electron chi connectivity index (χ3n) is 4.62. The predicted molar refractivity (Wildman–Crippen MR) is 102 cm³/mol. The summed E-state index contributed by atoms with van der Waals surface area (Å²) < 4.78 is 0. The molecule has 1 aliphatic carbocycles. The predicted octanol–water partition coefficient (Wildman–Crippen LogP) is 5.30. The van der Waals surface area contributed by atoms with Crippen molar-refractivity contribution < 1.29 is 5.11 Å². The summed E-state index contributed by atoms with van der Waals surface area (Å²) in [7, 11) is 0. The van der Waals surface area contributed by atoms with Gasteiger partial charge >= 0.3 is 0 Å². The standard InChI is InChI=1S/C21H37NO/c1-4-6-7-11-19-13-9-14-20(16-15-19)12-8-10-18(3)22-17-21(23)5-2/h9,13,15-16,18,21-23H,4-8,10-12,14,17H2,1-3H3. The molecule has 2 N–H and O–H groups in total. The van der Waals surface area contributed by atoms with Crippen molar-refractivity contribution in [1.82, 2.24) is 5.32 Å². The van der Waals surface area contributed by atoms with Crippen LogP contribution in [0.15, 0.2) is 35.5 Å². The molecule has 1 rings (SSSR count). The van der Waals surface area contributed by atoms with Crippen molar-refractivity contribution in [2.45, 2.75) is 90.7 Å². The number of rotatable bonds is 12. The highest BCUT2D eigenvalue weighted by molar-refractivity contribution is 5.30. The maximum atomic E-state index is 9.58. The van der Waals surface area contributed by atoms with Gasteiger partial charge < -0.3 is 10.4 Å². The second-order valence-corrected chi connectivity index (χ2v) is 6.89. The first-order chi connectivity index (χ1) is 11.2. The Labute approximate surface area is 143 Å². The molecule has 0 aromatic rings. The van der Waals surface area contributed by atoms with Crippen molar-refractivity contribution in [2.24, 2.45) is 0 Å². The zero-order valence-electron chi connectivity index (χ0n) is 15.5. The summed E-state index contributed by atoms with van der Waals surface area (Å²) in [5.74, 6) is 0. The lowest BCUT2D eigenvalue weighted by Gasteiger charge is -2.16. The summed E-state index contributed by atoms with van der Waals surface area (Å²) in [5, 5.41) is 13.0. The van der Waals surface area contributed by atoms with Crippen molar-refractivity contribution in [2.75, 3.05) is 6.54 Å². The Balaban J connectivity index is 2.25. The van der Waals surface area contributed by atoms with Gasteiger partial charge in [-0.25, -0.2) is 0 Å². The summed E-state index contributed by atoms with van der Waals surface area (Å²) in [5.41, 5.74) is 3.03. The van der Waals surface area contributed by atoms with E-state index in [1.807, 2.05) is 6.92 Å². The van der Waals surface area contributed by atoms with Crippen molar-refractivity contribution in [3.05, 3.63) is 35.5 Å². The Kier molecular flexibility index (Phi) is 11.0. The van der Waals surface area contributed by atoms with Gasteiger partial charge in [-0.1, -0.05) is 56.6 Å². The van der Waals surface area contributed by atoms with Gasteiger partial charge in [-0.2, -0.15) is 0 Å². The monoisotopic (exact) mass is 319 g/mol. The van der Waals surface area contributed by atoms with Crippen molar-refractivity contribution in [3.8, 4) is 0 Å². The molecule has 23 heavy (non-hydrogen) atoms. The van der Waals surface area contributed by atoms with E-state index in [1.54, 1.807) is 5.57 Å². The fraction of sp³-hybridized carbons (Fsp3) is 0.714. The van der Waals surface area contributed by atoms with E-state index in [2.05, 4.69) is 43.5 Å². The van der Waals surface area contributed by atoms with Crippen LogP contribution >= 0.6 is 0 Å². The lowest BCUT2D eigenvalue weighted by Crippen LogP contribution is -2.33. The first-order valence-corrected chi connectivity index (χ1v) is 9.62. The van der Waals surface area contributed by atoms with Gasteiger partial charge in [0.25, 0.3) is 0 Å². The second kappa shape index (κ2) is 12.5. The minimum absolute atomic E-state index is 0.205. The molecule has 2 heteroatoms. The number of hydrogen-bond donors (Lipinski definition) is 2. The van der Waals surface area contributed by atoms with Crippen molar-refractivity contribution >= 4 is 0 Å². The molecule has 132 valence electrons. The van der Waals surface area contributed by atoms with Gasteiger partial charge in [0, 0.05) is 12.6 Å². The number of allylic oxidation sites excluding steroid dienone is 6. The molecule has 0 saturated carbocycles. The van der Waals surface area contributed by atoms with E-state index in [0.29, 0.717) is 12.6 Å². The van der Waals surface area contributed by atoms with Crippen molar-refractivity contribution in [3.63, 3.8) is 0 Å². The summed E-state index contributed by atoms with van der Waals surface area (Å²) in [6.07, 6.45) is 19.8. The van der Waals surface area contributed by atoms with E-state index in [9.17, 15) is 5.11 Å². The van der Waals surface area contributed by atoms with Crippen LogP contribution in [0.4, 0.5) is 0 Å². The lowest BCUT2D eigenvalue weighted by molar-refractivity contribution is 0.163. The highest BCUT2D eigenvalue weighted by Gasteiger charge is 2.06. The van der Waals surface area contributed by atoms with Crippen molar-refractivity contribution in [1.29, 1.82) is 0 Å². The summed E-state index contributed by atoms with van der Waals surface area (Å²) in [6.45, 7) is 7.21. The minimum Gasteiger partial charge on any atom is -0.392 e. The second-order valence-electron chi connectivity index (χ2n) is 6.89. The smallest absolute Gasteiger partial charge is 0.0662 e. The van der Waals surface area contributed by atoms with Crippen LogP contribution < -0.4 is 5.32 Å². The van der Waals surface area contributed by atoms with E-state index in [4.69, 9.17) is 0 Å². The molecule has 0 fully saturated rings. The molecule has 1 aliphatic rings. The van der Waals surface area contributed by atoms with Crippen LogP contribution in [-0.4, -0.2) is 23.8 Å². The molecule has 0 saturated heterocycles. The van der Waals surface area contributed by atoms with Gasteiger partial charge in [-0.05, 0) is 57.4 Å². The zero-order chi connectivity index (χ0) is 16.9. The fourth-order valence-electron chi connectivity index (χ4n) is 2.86. The molecule has 2 unspecified atom stereocenters. The molecule has 0 aromatic heterocycles. The number of nitrogens with one attached hydrogen (secondary N) is 1. The van der Waals surface area contributed by atoms with E-state index >= 15 is 0 Å². The number of unbranched alkanes of at least 4 members (excludes halogenated alkanes) is 2. The van der Waals surface area contributed by atoms with Crippen LogP contribution in [-0.2, 0) is 0 Å². The molecular formula is C21H37NO. The molecule has 0 aliphatic heterocycles. The molecule has 0 bridgehead atoms. The van der Waals surface area contributed by atoms with Gasteiger partial charge in [0.2, 0.25) is 0 Å². The lowest BCUT2D eigenvalue weighted by atomic mass is 10.0. The molecule has 0 amide bonds. The maximum absolute atomic E-state index is 9.58. The Hall–Kier alpha value is -0.860. The quantitative estimate of drug-likeness (QED) is 0.478. The summed E-state index contributed by atoms with van der Waals surface area (Å²) in [6, 6.07) is 0.485. The first-order valence-electron chi connectivity index (χ1n) is 9.62. The number of hydrogen-bond acceptors (Lipinski definition) is 2.